The van der Waals surface area contributed by atoms with Gasteiger partial charge >= 0.3 is 0 Å². The number of hydrogen-bond acceptors (Lipinski definition) is 5. The summed E-state index contributed by atoms with van der Waals surface area (Å²) in [4.78, 5) is 8.54. The van der Waals surface area contributed by atoms with Gasteiger partial charge in [0, 0.05) is 11.3 Å². The molecule has 0 spiro atoms. The summed E-state index contributed by atoms with van der Waals surface area (Å²) in [6.07, 6.45) is 1.61. The molecule has 0 amide bonds. The fourth-order valence-electron chi connectivity index (χ4n) is 1.40. The lowest BCUT2D eigenvalue weighted by Gasteiger charge is -2.04. The Balaban J connectivity index is 1.93. The second kappa shape index (κ2) is 5.93. The van der Waals surface area contributed by atoms with Crippen molar-refractivity contribution in [2.45, 2.75) is 33.0 Å². The summed E-state index contributed by atoms with van der Waals surface area (Å²) in [6.45, 7) is 4.65. The van der Waals surface area contributed by atoms with E-state index in [9.17, 15) is 0 Å². The Labute approximate surface area is 110 Å². The summed E-state index contributed by atoms with van der Waals surface area (Å²) in [5.74, 6) is 1.14. The van der Waals surface area contributed by atoms with Crippen LogP contribution in [0.3, 0.4) is 0 Å². The average molecular weight is 264 g/mol. The van der Waals surface area contributed by atoms with Crippen molar-refractivity contribution in [1.82, 2.24) is 9.97 Å². The molecule has 0 aromatic carbocycles. The van der Waals surface area contributed by atoms with E-state index in [2.05, 4.69) is 23.8 Å². The van der Waals surface area contributed by atoms with E-state index in [4.69, 9.17) is 9.84 Å². The number of nitrogens with zero attached hydrogens (tertiary/aromatic N) is 2. The quantitative estimate of drug-likeness (QED) is 0.902. The molecule has 0 radical (unpaired) electrons. The molecule has 0 bridgehead atoms. The fourth-order valence-corrected chi connectivity index (χ4v) is 2.22. The molecule has 0 unspecified atom stereocenters. The molecule has 2 aromatic rings. The van der Waals surface area contributed by atoms with Gasteiger partial charge < -0.3 is 9.84 Å². The molecule has 0 fully saturated rings. The second-order valence-electron chi connectivity index (χ2n) is 4.26. The molecular weight excluding hydrogens is 248 g/mol. The first-order chi connectivity index (χ1) is 8.69. The summed E-state index contributed by atoms with van der Waals surface area (Å²) in [6, 6.07) is 3.55. The number of thiazole rings is 1. The van der Waals surface area contributed by atoms with Gasteiger partial charge in [0.2, 0.25) is 0 Å². The van der Waals surface area contributed by atoms with Crippen molar-refractivity contribution >= 4 is 11.3 Å². The van der Waals surface area contributed by atoms with Crippen LogP contribution in [0.4, 0.5) is 0 Å². The lowest BCUT2D eigenvalue weighted by atomic mass is 10.2. The van der Waals surface area contributed by atoms with Crippen molar-refractivity contribution in [3.05, 3.63) is 40.1 Å². The highest BCUT2D eigenvalue weighted by Gasteiger charge is 2.06. The van der Waals surface area contributed by atoms with Gasteiger partial charge in [0.1, 0.15) is 12.4 Å². The lowest BCUT2D eigenvalue weighted by Crippen LogP contribution is -1.98. The maximum Gasteiger partial charge on any atom is 0.138 e. The molecule has 0 saturated carbocycles. The first kappa shape index (κ1) is 13.0. The molecule has 2 rings (SSSR count). The van der Waals surface area contributed by atoms with E-state index in [1.54, 1.807) is 29.7 Å². The Bertz CT molecular complexity index is 494. The first-order valence-corrected chi connectivity index (χ1v) is 6.70. The summed E-state index contributed by atoms with van der Waals surface area (Å²) in [5.41, 5.74) is 1.58. The molecule has 2 aromatic heterocycles. The molecule has 0 aliphatic rings. The van der Waals surface area contributed by atoms with Crippen molar-refractivity contribution in [3.8, 4) is 5.75 Å². The topological polar surface area (TPSA) is 55.2 Å². The van der Waals surface area contributed by atoms with Gasteiger partial charge in [0.25, 0.3) is 0 Å². The zero-order chi connectivity index (χ0) is 13.0. The monoisotopic (exact) mass is 264 g/mol. The highest BCUT2D eigenvalue weighted by atomic mass is 32.1. The van der Waals surface area contributed by atoms with Crippen LogP contribution in [-0.2, 0) is 13.2 Å². The van der Waals surface area contributed by atoms with Gasteiger partial charge in [0.15, 0.2) is 0 Å². The SMILES string of the molecule is CC(C)c1nc(COc2ccc(CO)nc2)cs1. The van der Waals surface area contributed by atoms with Crippen LogP contribution in [0.2, 0.25) is 0 Å². The molecule has 0 aliphatic heterocycles. The van der Waals surface area contributed by atoms with Crippen LogP contribution in [0.5, 0.6) is 5.75 Å². The van der Waals surface area contributed by atoms with Gasteiger partial charge in [-0.25, -0.2) is 4.98 Å². The van der Waals surface area contributed by atoms with E-state index in [0.29, 0.717) is 24.0 Å². The number of aromatic nitrogens is 2. The van der Waals surface area contributed by atoms with Crippen LogP contribution in [-0.4, -0.2) is 15.1 Å². The van der Waals surface area contributed by atoms with Gasteiger partial charge in [-0.05, 0) is 12.1 Å². The van der Waals surface area contributed by atoms with Crippen LogP contribution >= 0.6 is 11.3 Å². The van der Waals surface area contributed by atoms with Crippen molar-refractivity contribution < 1.29 is 9.84 Å². The minimum atomic E-state index is -0.0515. The summed E-state index contributed by atoms with van der Waals surface area (Å²) >= 11 is 1.66. The van der Waals surface area contributed by atoms with E-state index in [1.807, 2.05) is 5.38 Å². The Kier molecular flexibility index (Phi) is 4.28. The average Bonchev–Trinajstić information content (AvgIpc) is 2.86. The second-order valence-corrected chi connectivity index (χ2v) is 5.15. The minimum Gasteiger partial charge on any atom is -0.486 e. The Morgan fingerprint density at radius 1 is 1.33 bits per heavy atom. The molecule has 96 valence electrons. The summed E-state index contributed by atoms with van der Waals surface area (Å²) < 4.78 is 5.58. The molecular formula is C13H16N2O2S. The number of rotatable bonds is 5. The Hall–Kier alpha value is -1.46. The highest BCUT2D eigenvalue weighted by molar-refractivity contribution is 7.09. The zero-order valence-electron chi connectivity index (χ0n) is 10.5. The van der Waals surface area contributed by atoms with Gasteiger partial charge in [-0.3, -0.25) is 4.98 Å². The van der Waals surface area contributed by atoms with E-state index in [0.717, 1.165) is 10.7 Å². The van der Waals surface area contributed by atoms with E-state index < -0.39 is 0 Å². The number of aliphatic hydroxyl groups is 1. The number of ether oxygens (including phenoxy) is 1. The Morgan fingerprint density at radius 2 is 2.17 bits per heavy atom. The maximum atomic E-state index is 8.88. The van der Waals surface area contributed by atoms with Crippen LogP contribution in [0, 0.1) is 0 Å². The van der Waals surface area contributed by atoms with E-state index in [-0.39, 0.29) is 6.61 Å². The van der Waals surface area contributed by atoms with Gasteiger partial charge in [-0.1, -0.05) is 13.8 Å². The van der Waals surface area contributed by atoms with Crippen molar-refractivity contribution in [1.29, 1.82) is 0 Å². The normalized spacial score (nSPS) is 10.9. The molecule has 1 N–H and O–H groups in total. The van der Waals surface area contributed by atoms with Gasteiger partial charge in [-0.2, -0.15) is 0 Å². The van der Waals surface area contributed by atoms with E-state index in [1.165, 1.54) is 0 Å². The third-order valence-corrected chi connectivity index (χ3v) is 3.60. The first-order valence-electron chi connectivity index (χ1n) is 5.82. The largest absolute Gasteiger partial charge is 0.486 e. The molecule has 18 heavy (non-hydrogen) atoms. The molecule has 0 atom stereocenters. The third-order valence-electron chi connectivity index (χ3n) is 2.41. The lowest BCUT2D eigenvalue weighted by molar-refractivity contribution is 0.274. The molecule has 0 aliphatic carbocycles. The van der Waals surface area contributed by atoms with E-state index >= 15 is 0 Å². The highest BCUT2D eigenvalue weighted by Crippen LogP contribution is 2.20. The fraction of sp³-hybridized carbons (Fsp3) is 0.385. The molecule has 2 heterocycles. The van der Waals surface area contributed by atoms with Gasteiger partial charge in [0.05, 0.1) is 29.2 Å². The summed E-state index contributed by atoms with van der Waals surface area (Å²) in [7, 11) is 0. The van der Waals surface area contributed by atoms with Crippen LogP contribution in [0.15, 0.2) is 23.7 Å². The predicted molar refractivity (Wildman–Crippen MR) is 70.7 cm³/mol. The van der Waals surface area contributed by atoms with Crippen molar-refractivity contribution in [3.63, 3.8) is 0 Å². The van der Waals surface area contributed by atoms with Crippen molar-refractivity contribution in [2.75, 3.05) is 0 Å². The van der Waals surface area contributed by atoms with Crippen LogP contribution in [0.25, 0.3) is 0 Å². The Morgan fingerprint density at radius 3 is 2.72 bits per heavy atom. The molecule has 5 heteroatoms. The predicted octanol–water partition coefficient (Wildman–Crippen LogP) is 2.73. The molecule has 4 nitrogen and oxygen atoms in total. The minimum absolute atomic E-state index is 0.0515. The maximum absolute atomic E-state index is 8.88. The smallest absolute Gasteiger partial charge is 0.138 e. The van der Waals surface area contributed by atoms with Gasteiger partial charge in [-0.15, -0.1) is 11.3 Å². The van der Waals surface area contributed by atoms with Crippen LogP contribution in [0.1, 0.15) is 36.2 Å². The third kappa shape index (κ3) is 3.27. The molecule has 0 saturated heterocycles. The van der Waals surface area contributed by atoms with Crippen molar-refractivity contribution in [2.24, 2.45) is 0 Å². The summed E-state index contributed by atoms with van der Waals surface area (Å²) in [5, 5.41) is 12.0. The number of pyridine rings is 1. The number of hydrogen-bond donors (Lipinski definition) is 1. The van der Waals surface area contributed by atoms with Crippen LogP contribution < -0.4 is 4.74 Å². The number of aliphatic hydroxyl groups excluding tert-OH is 1. The zero-order valence-corrected chi connectivity index (χ0v) is 11.3. The standard InChI is InChI=1S/C13H16N2O2S/c1-9(2)13-15-11(8-18-13)7-17-12-4-3-10(6-16)14-5-12/h3-5,8-9,16H,6-7H2,1-2H3.